The summed E-state index contributed by atoms with van der Waals surface area (Å²) >= 11 is 0. The van der Waals surface area contributed by atoms with E-state index in [2.05, 4.69) is 19.9 Å². The Morgan fingerprint density at radius 3 is 2.56 bits per heavy atom. The second kappa shape index (κ2) is 12.8. The maximum atomic E-state index is 12.1. The van der Waals surface area contributed by atoms with Crippen LogP contribution in [0.5, 0.6) is 5.75 Å². The number of carbonyl (C=O) groups excluding carboxylic acids is 1. The van der Waals surface area contributed by atoms with Gasteiger partial charge in [-0.05, 0) is 56.1 Å². The van der Waals surface area contributed by atoms with Gasteiger partial charge in [-0.1, -0.05) is 82.2 Å². The van der Waals surface area contributed by atoms with Crippen molar-refractivity contribution in [3.63, 3.8) is 0 Å². The fourth-order valence-electron chi connectivity index (χ4n) is 4.19. The minimum Gasteiger partial charge on any atom is -0.427 e. The molecule has 2 nitrogen and oxygen atoms in total. The van der Waals surface area contributed by atoms with Gasteiger partial charge in [0.1, 0.15) is 5.75 Å². The largest absolute Gasteiger partial charge is 0.427 e. The number of hydrogen-bond donors (Lipinski definition) is 0. The van der Waals surface area contributed by atoms with Gasteiger partial charge in [0.05, 0.1) is 0 Å². The number of hydrogen-bond acceptors (Lipinski definition) is 2. The van der Waals surface area contributed by atoms with Crippen molar-refractivity contribution in [2.24, 2.45) is 11.8 Å². The van der Waals surface area contributed by atoms with Crippen LogP contribution in [0, 0.1) is 11.8 Å². The molecule has 2 unspecified atom stereocenters. The van der Waals surface area contributed by atoms with Crippen LogP contribution in [0.25, 0.3) is 0 Å². The molecule has 2 rings (SSSR count). The van der Waals surface area contributed by atoms with E-state index in [4.69, 9.17) is 4.74 Å². The Bertz CT molecular complexity index is 561. The standard InChI is InChI=1S/C25H38O2/c1-3-5-6-7-9-12-21-15-17-23(18-16-21)22(4-2)19-20-25(26)27-24-13-10-8-11-14-24/h8,10-11,13-14,17,21-22H,3-7,9,12,15-16,18-20H2,1-2H3. The summed E-state index contributed by atoms with van der Waals surface area (Å²) in [5.74, 6) is 1.96. The first-order chi connectivity index (χ1) is 13.2. The second-order valence-corrected chi connectivity index (χ2v) is 8.05. The van der Waals surface area contributed by atoms with Gasteiger partial charge in [0.15, 0.2) is 0 Å². The maximum Gasteiger partial charge on any atom is 0.311 e. The third-order valence-corrected chi connectivity index (χ3v) is 5.96. The number of carbonyl (C=O) groups is 1. The van der Waals surface area contributed by atoms with Crippen LogP contribution in [-0.2, 0) is 4.79 Å². The van der Waals surface area contributed by atoms with Gasteiger partial charge < -0.3 is 4.74 Å². The molecule has 0 fully saturated rings. The molecule has 1 aliphatic rings. The molecule has 0 saturated carbocycles. The van der Waals surface area contributed by atoms with E-state index >= 15 is 0 Å². The van der Waals surface area contributed by atoms with Crippen LogP contribution in [0.4, 0.5) is 0 Å². The van der Waals surface area contributed by atoms with Gasteiger partial charge >= 0.3 is 5.97 Å². The van der Waals surface area contributed by atoms with Crippen LogP contribution in [0.3, 0.4) is 0 Å². The van der Waals surface area contributed by atoms with E-state index in [1.807, 2.05) is 30.3 Å². The quantitative estimate of drug-likeness (QED) is 0.165. The van der Waals surface area contributed by atoms with E-state index in [9.17, 15) is 4.79 Å². The van der Waals surface area contributed by atoms with Crippen molar-refractivity contribution in [3.8, 4) is 5.75 Å². The maximum absolute atomic E-state index is 12.1. The van der Waals surface area contributed by atoms with E-state index < -0.39 is 0 Å². The summed E-state index contributed by atoms with van der Waals surface area (Å²) in [6.45, 7) is 4.52. The van der Waals surface area contributed by atoms with Gasteiger partial charge in [-0.3, -0.25) is 4.79 Å². The highest BCUT2D eigenvalue weighted by molar-refractivity contribution is 5.72. The Morgan fingerprint density at radius 1 is 1.11 bits per heavy atom. The zero-order chi connectivity index (χ0) is 19.3. The number of benzene rings is 1. The van der Waals surface area contributed by atoms with Gasteiger partial charge in [0.25, 0.3) is 0 Å². The predicted molar refractivity (Wildman–Crippen MR) is 114 cm³/mol. The van der Waals surface area contributed by atoms with Crippen LogP contribution < -0.4 is 4.74 Å². The Hall–Kier alpha value is -1.57. The summed E-state index contributed by atoms with van der Waals surface area (Å²) in [7, 11) is 0. The lowest BCUT2D eigenvalue weighted by atomic mass is 9.79. The van der Waals surface area contributed by atoms with Gasteiger partial charge in [0.2, 0.25) is 0 Å². The highest BCUT2D eigenvalue weighted by Gasteiger charge is 2.20. The van der Waals surface area contributed by atoms with E-state index in [1.165, 1.54) is 57.8 Å². The van der Waals surface area contributed by atoms with Crippen molar-refractivity contribution in [2.75, 3.05) is 0 Å². The predicted octanol–water partition coefficient (Wildman–Crippen LogP) is 7.49. The van der Waals surface area contributed by atoms with E-state index in [-0.39, 0.29) is 5.97 Å². The number of unbranched alkanes of at least 4 members (excludes halogenated alkanes) is 4. The molecule has 1 aromatic carbocycles. The van der Waals surface area contributed by atoms with Crippen molar-refractivity contribution < 1.29 is 9.53 Å². The average molecular weight is 371 g/mol. The van der Waals surface area contributed by atoms with Crippen molar-refractivity contribution in [3.05, 3.63) is 42.0 Å². The molecule has 0 heterocycles. The van der Waals surface area contributed by atoms with Crippen molar-refractivity contribution in [2.45, 2.75) is 90.9 Å². The fourth-order valence-corrected chi connectivity index (χ4v) is 4.19. The van der Waals surface area contributed by atoms with Crippen LogP contribution >= 0.6 is 0 Å². The first-order valence-corrected chi connectivity index (χ1v) is 11.2. The van der Waals surface area contributed by atoms with E-state index in [0.717, 1.165) is 18.8 Å². The highest BCUT2D eigenvalue weighted by Crippen LogP contribution is 2.34. The normalized spacial score (nSPS) is 18.0. The molecule has 0 N–H and O–H groups in total. The summed E-state index contributed by atoms with van der Waals surface area (Å²) in [6, 6.07) is 9.38. The summed E-state index contributed by atoms with van der Waals surface area (Å²) in [5, 5.41) is 0. The fraction of sp³-hybridized carbons (Fsp3) is 0.640. The highest BCUT2D eigenvalue weighted by atomic mass is 16.5. The van der Waals surface area contributed by atoms with Crippen LogP contribution in [0.2, 0.25) is 0 Å². The smallest absolute Gasteiger partial charge is 0.311 e. The molecule has 0 bridgehead atoms. The van der Waals surface area contributed by atoms with Crippen LogP contribution in [0.15, 0.2) is 42.0 Å². The van der Waals surface area contributed by atoms with Gasteiger partial charge in [-0.15, -0.1) is 0 Å². The summed E-state index contributed by atoms with van der Waals surface area (Å²) < 4.78 is 5.43. The first-order valence-electron chi connectivity index (χ1n) is 11.2. The molecule has 2 heteroatoms. The van der Waals surface area contributed by atoms with Gasteiger partial charge in [0, 0.05) is 6.42 Å². The number of allylic oxidation sites excluding steroid dienone is 2. The molecule has 27 heavy (non-hydrogen) atoms. The molecule has 1 aliphatic carbocycles. The van der Waals surface area contributed by atoms with E-state index in [0.29, 0.717) is 18.1 Å². The molecule has 0 spiro atoms. The molecular weight excluding hydrogens is 332 g/mol. The minimum atomic E-state index is -0.110. The molecule has 150 valence electrons. The molecule has 0 radical (unpaired) electrons. The minimum absolute atomic E-state index is 0.110. The lowest BCUT2D eigenvalue weighted by Gasteiger charge is -2.26. The first kappa shape index (κ1) is 21.7. The van der Waals surface area contributed by atoms with Gasteiger partial charge in [-0.25, -0.2) is 0 Å². The number of rotatable bonds is 12. The van der Waals surface area contributed by atoms with Crippen molar-refractivity contribution in [1.29, 1.82) is 0 Å². The van der Waals surface area contributed by atoms with Crippen molar-refractivity contribution in [1.82, 2.24) is 0 Å². The van der Waals surface area contributed by atoms with Gasteiger partial charge in [-0.2, -0.15) is 0 Å². The Kier molecular flexibility index (Phi) is 10.3. The molecule has 0 saturated heterocycles. The lowest BCUT2D eigenvalue weighted by molar-refractivity contribution is -0.134. The van der Waals surface area contributed by atoms with Crippen LogP contribution in [0.1, 0.15) is 90.9 Å². The topological polar surface area (TPSA) is 26.3 Å². The molecule has 0 aromatic heterocycles. The summed E-state index contributed by atoms with van der Waals surface area (Å²) in [4.78, 5) is 12.1. The number of ether oxygens (including phenoxy) is 1. The molecule has 1 aromatic rings. The van der Waals surface area contributed by atoms with Crippen molar-refractivity contribution >= 4 is 5.97 Å². The molecule has 2 atom stereocenters. The molecule has 0 amide bonds. The Balaban J connectivity index is 1.69. The average Bonchev–Trinajstić information content (AvgIpc) is 2.70. The summed E-state index contributed by atoms with van der Waals surface area (Å²) in [6.07, 6.45) is 17.2. The molecular formula is C25H38O2. The van der Waals surface area contributed by atoms with Crippen LogP contribution in [-0.4, -0.2) is 5.97 Å². The zero-order valence-electron chi connectivity index (χ0n) is 17.4. The molecule has 0 aliphatic heterocycles. The SMILES string of the molecule is CCCCCCCC1CC=C(C(CC)CCC(=O)Oc2ccccc2)CC1. The summed E-state index contributed by atoms with van der Waals surface area (Å²) in [5.41, 5.74) is 1.59. The second-order valence-electron chi connectivity index (χ2n) is 8.05. The monoisotopic (exact) mass is 370 g/mol. The number of para-hydroxylation sites is 1. The third-order valence-electron chi connectivity index (χ3n) is 5.96. The Morgan fingerprint density at radius 2 is 1.89 bits per heavy atom. The lowest BCUT2D eigenvalue weighted by Crippen LogP contribution is -2.15. The number of esters is 1. The van der Waals surface area contributed by atoms with E-state index in [1.54, 1.807) is 5.57 Å². The Labute approximate surface area is 166 Å². The third kappa shape index (κ3) is 8.32. The zero-order valence-corrected chi connectivity index (χ0v) is 17.4.